The molecule has 0 N–H and O–H groups in total. The van der Waals surface area contributed by atoms with Crippen molar-refractivity contribution < 1.29 is 9.53 Å². The van der Waals surface area contributed by atoms with E-state index in [0.717, 1.165) is 6.42 Å². The zero-order chi connectivity index (χ0) is 5.98. The Balaban J connectivity index is 2.34. The molecule has 8 heavy (non-hydrogen) atoms. The van der Waals surface area contributed by atoms with E-state index in [4.69, 9.17) is 4.74 Å². The molecule has 0 aromatic rings. The van der Waals surface area contributed by atoms with Crippen LogP contribution < -0.4 is 0 Å². The lowest BCUT2D eigenvalue weighted by Gasteiger charge is -2.15. The summed E-state index contributed by atoms with van der Waals surface area (Å²) in [7, 11) is 2.63. The smallest absolute Gasteiger partial charge is 0.306 e. The summed E-state index contributed by atoms with van der Waals surface area (Å²) in [5.74, 6) is -0.0590. The summed E-state index contributed by atoms with van der Waals surface area (Å²) < 4.78 is 4.70. The topological polar surface area (TPSA) is 26.3 Å². The molecule has 0 aromatic heterocycles. The minimum absolute atomic E-state index is 0.0590. The number of hydrogen-bond acceptors (Lipinski definition) is 2. The molecule has 0 radical (unpaired) electrons. The molecule has 1 rings (SSSR count). The van der Waals surface area contributed by atoms with E-state index in [2.05, 4.69) is 9.24 Å². The van der Waals surface area contributed by atoms with Crippen LogP contribution in [0, 0.1) is 0 Å². The van der Waals surface area contributed by atoms with Crippen molar-refractivity contribution in [1.29, 1.82) is 0 Å². The first-order valence-corrected chi connectivity index (χ1v) is 3.37. The minimum atomic E-state index is -0.0590. The van der Waals surface area contributed by atoms with Gasteiger partial charge in [-0.2, -0.15) is 0 Å². The van der Waals surface area contributed by atoms with Gasteiger partial charge in [-0.25, -0.2) is 0 Å². The van der Waals surface area contributed by atoms with Crippen LogP contribution in [0.25, 0.3) is 0 Å². The molecule has 1 fully saturated rings. The summed E-state index contributed by atoms with van der Waals surface area (Å²) in [4.78, 5) is 10.4. The lowest BCUT2D eigenvalue weighted by atomic mass is 10.2. The third-order valence-corrected chi connectivity index (χ3v) is 1.75. The van der Waals surface area contributed by atoms with E-state index in [-0.39, 0.29) is 5.97 Å². The Kier molecular flexibility index (Phi) is 1.85. The number of ether oxygens (including phenoxy) is 1. The van der Waals surface area contributed by atoms with Crippen molar-refractivity contribution in [2.45, 2.75) is 18.5 Å². The highest BCUT2D eigenvalue weighted by molar-refractivity contribution is 7.17. The summed E-state index contributed by atoms with van der Waals surface area (Å²) in [6.07, 6.45) is 1.57. The van der Waals surface area contributed by atoms with Crippen LogP contribution in [0.5, 0.6) is 0 Å². The van der Waals surface area contributed by atoms with Crippen LogP contribution in [-0.2, 0) is 9.53 Å². The molecule has 46 valence electrons. The Morgan fingerprint density at radius 1 is 1.75 bits per heavy atom. The highest BCUT2D eigenvalue weighted by Gasteiger charge is 2.15. The van der Waals surface area contributed by atoms with Gasteiger partial charge in [0.1, 0.15) is 0 Å². The second-order valence-corrected chi connectivity index (χ2v) is 2.92. The molecule has 0 aromatic carbocycles. The third kappa shape index (κ3) is 1.45. The van der Waals surface area contributed by atoms with Gasteiger partial charge < -0.3 is 4.74 Å². The monoisotopic (exact) mass is 132 g/mol. The Morgan fingerprint density at radius 3 is 2.88 bits per heavy atom. The molecule has 0 bridgehead atoms. The highest BCUT2D eigenvalue weighted by Crippen LogP contribution is 2.15. The number of carbonyl (C=O) groups is 1. The first kappa shape index (κ1) is 6.03. The third-order valence-electron chi connectivity index (χ3n) is 1.18. The first-order chi connectivity index (χ1) is 3.79. The predicted molar refractivity (Wildman–Crippen MR) is 33.7 cm³/mol. The minimum Gasteiger partial charge on any atom is -0.466 e. The van der Waals surface area contributed by atoms with Crippen LogP contribution in [0.2, 0.25) is 0 Å². The Labute approximate surface area is 50.8 Å². The number of rotatable bonds is 0. The molecule has 0 saturated carbocycles. The van der Waals surface area contributed by atoms with Crippen molar-refractivity contribution in [3.63, 3.8) is 0 Å². The van der Waals surface area contributed by atoms with Gasteiger partial charge in [-0.3, -0.25) is 4.79 Å². The number of hydrogen-bond donors (Lipinski definition) is 0. The fourth-order valence-electron chi connectivity index (χ4n) is 0.699. The maximum absolute atomic E-state index is 10.4. The molecule has 2 atom stereocenters. The summed E-state index contributed by atoms with van der Waals surface area (Å²) in [5, 5.41) is 0. The highest BCUT2D eigenvalue weighted by atomic mass is 31.0. The molecular weight excluding hydrogens is 123 g/mol. The maximum Gasteiger partial charge on any atom is 0.306 e. The Morgan fingerprint density at radius 2 is 2.50 bits per heavy atom. The van der Waals surface area contributed by atoms with Crippen molar-refractivity contribution in [3.05, 3.63) is 0 Å². The fourth-order valence-corrected chi connectivity index (χ4v) is 1.03. The normalized spacial score (nSPS) is 29.6. The van der Waals surface area contributed by atoms with Gasteiger partial charge in [0.15, 0.2) is 0 Å². The Bertz CT molecular complexity index is 103. The van der Waals surface area contributed by atoms with Crippen molar-refractivity contribution in [3.8, 4) is 0 Å². The molecule has 0 spiro atoms. The van der Waals surface area contributed by atoms with Gasteiger partial charge in [0.05, 0.1) is 13.0 Å². The van der Waals surface area contributed by atoms with Gasteiger partial charge in [-0.1, -0.05) is 0 Å². The van der Waals surface area contributed by atoms with Crippen molar-refractivity contribution in [1.82, 2.24) is 0 Å². The van der Waals surface area contributed by atoms with Crippen molar-refractivity contribution in [2.24, 2.45) is 0 Å². The van der Waals surface area contributed by atoms with Crippen LogP contribution >= 0.6 is 9.24 Å². The first-order valence-electron chi connectivity index (χ1n) is 2.70. The van der Waals surface area contributed by atoms with E-state index in [1.165, 1.54) is 0 Å². The molecule has 0 aliphatic carbocycles. The van der Waals surface area contributed by atoms with Crippen LogP contribution in [0.4, 0.5) is 0 Å². The standard InChI is InChI=1S/C5H9O2P/c6-5-3-4(8)1-2-7-5/h4H,1-3,8H2/t4-/m1/s1. The molecule has 1 aliphatic heterocycles. The van der Waals surface area contributed by atoms with Gasteiger partial charge in [0, 0.05) is 0 Å². The second kappa shape index (κ2) is 2.45. The van der Waals surface area contributed by atoms with E-state index in [0.29, 0.717) is 18.7 Å². The molecule has 1 aliphatic rings. The van der Waals surface area contributed by atoms with Gasteiger partial charge >= 0.3 is 5.97 Å². The van der Waals surface area contributed by atoms with Gasteiger partial charge in [0.25, 0.3) is 0 Å². The molecule has 1 saturated heterocycles. The lowest BCUT2D eigenvalue weighted by Crippen LogP contribution is -2.20. The van der Waals surface area contributed by atoms with Crippen molar-refractivity contribution >= 4 is 15.2 Å². The fraction of sp³-hybridized carbons (Fsp3) is 0.800. The van der Waals surface area contributed by atoms with E-state index < -0.39 is 0 Å². The zero-order valence-corrected chi connectivity index (χ0v) is 5.75. The second-order valence-electron chi connectivity index (χ2n) is 1.97. The summed E-state index contributed by atoms with van der Waals surface area (Å²) in [6.45, 7) is 0.604. The van der Waals surface area contributed by atoms with Crippen LogP contribution in [0.3, 0.4) is 0 Å². The SMILES string of the molecule is O=C1C[C@H](P)CCO1. The summed E-state index contributed by atoms with van der Waals surface area (Å²) in [5.41, 5.74) is 0.455. The maximum atomic E-state index is 10.4. The molecule has 2 nitrogen and oxygen atoms in total. The van der Waals surface area contributed by atoms with E-state index in [1.807, 2.05) is 0 Å². The van der Waals surface area contributed by atoms with E-state index in [9.17, 15) is 4.79 Å². The number of carbonyl (C=O) groups excluding carboxylic acids is 1. The van der Waals surface area contributed by atoms with E-state index in [1.54, 1.807) is 0 Å². The lowest BCUT2D eigenvalue weighted by molar-refractivity contribution is -0.146. The largest absolute Gasteiger partial charge is 0.466 e. The number of cyclic esters (lactones) is 1. The molecular formula is C5H9O2P. The average molecular weight is 132 g/mol. The van der Waals surface area contributed by atoms with Gasteiger partial charge in [-0.15, -0.1) is 9.24 Å². The summed E-state index contributed by atoms with van der Waals surface area (Å²) >= 11 is 0. The quantitative estimate of drug-likeness (QED) is 0.355. The van der Waals surface area contributed by atoms with E-state index >= 15 is 0 Å². The zero-order valence-electron chi connectivity index (χ0n) is 4.59. The van der Waals surface area contributed by atoms with Crippen LogP contribution in [-0.4, -0.2) is 18.2 Å². The average Bonchev–Trinajstić information content (AvgIpc) is 1.64. The molecule has 0 amide bonds. The van der Waals surface area contributed by atoms with Crippen molar-refractivity contribution in [2.75, 3.05) is 6.61 Å². The molecule has 3 heteroatoms. The predicted octanol–water partition coefficient (Wildman–Crippen LogP) is 0.567. The molecule has 1 heterocycles. The van der Waals surface area contributed by atoms with Crippen LogP contribution in [0.1, 0.15) is 12.8 Å². The van der Waals surface area contributed by atoms with Crippen LogP contribution in [0.15, 0.2) is 0 Å². The molecule has 1 unspecified atom stereocenters. The Hall–Kier alpha value is -0.100. The summed E-state index contributed by atoms with van der Waals surface area (Å²) in [6, 6.07) is 0. The number of esters is 1. The van der Waals surface area contributed by atoms with Gasteiger partial charge in [-0.05, 0) is 12.1 Å². The van der Waals surface area contributed by atoms with Gasteiger partial charge in [0.2, 0.25) is 0 Å².